The molecule has 2 amide bonds. The largest absolute Gasteiger partial charge is 0.349 e. The number of carbonyl (C=O) groups excluding carboxylic acids is 2. The minimum atomic E-state index is -3.34. The van der Waals surface area contributed by atoms with Gasteiger partial charge in [0.05, 0.1) is 33.2 Å². The molecule has 29 heavy (non-hydrogen) atoms. The van der Waals surface area contributed by atoms with Crippen molar-refractivity contribution >= 4 is 44.2 Å². The molecule has 160 valence electrons. The summed E-state index contributed by atoms with van der Waals surface area (Å²) in [6, 6.07) is -1.01. The molecular weight excluding hydrogens is 509 g/mol. The van der Waals surface area contributed by atoms with E-state index in [0.717, 1.165) is 31.5 Å². The van der Waals surface area contributed by atoms with E-state index in [4.69, 9.17) is 0 Å². The van der Waals surface area contributed by atoms with Gasteiger partial charge in [-0.3, -0.25) is 19.6 Å². The van der Waals surface area contributed by atoms with Crippen molar-refractivity contribution in [1.29, 1.82) is 0 Å². The van der Waals surface area contributed by atoms with Crippen molar-refractivity contribution in [2.45, 2.75) is 63.2 Å². The first-order valence-electron chi connectivity index (χ1n) is 10.0. The Morgan fingerprint density at radius 3 is 2.34 bits per heavy atom. The summed E-state index contributed by atoms with van der Waals surface area (Å²) in [4.78, 5) is 27.7. The summed E-state index contributed by atoms with van der Waals surface area (Å²) in [6.07, 6.45) is 5.46. The quantitative estimate of drug-likeness (QED) is 0.468. The highest BCUT2D eigenvalue weighted by Gasteiger charge is 2.44. The number of hydrogen-bond donors (Lipinski definition) is 3. The number of likely N-dealkylation sites (tertiary alicyclic amines) is 1. The number of halogens is 1. The first-order valence-corrected chi connectivity index (χ1v) is 12.9. The van der Waals surface area contributed by atoms with Gasteiger partial charge >= 0.3 is 0 Å². The van der Waals surface area contributed by atoms with E-state index >= 15 is 0 Å². The molecule has 1 aromatic heterocycles. The zero-order valence-corrected chi connectivity index (χ0v) is 19.3. The Morgan fingerprint density at radius 1 is 1.14 bits per heavy atom. The summed E-state index contributed by atoms with van der Waals surface area (Å²) in [7, 11) is -3.34. The van der Waals surface area contributed by atoms with Crippen molar-refractivity contribution in [3.8, 4) is 0 Å². The summed E-state index contributed by atoms with van der Waals surface area (Å²) in [6.45, 7) is 2.73. The molecule has 0 bridgehead atoms. The second-order valence-corrected chi connectivity index (χ2v) is 11.5. The summed E-state index contributed by atoms with van der Waals surface area (Å²) < 4.78 is 25.1. The average molecular weight is 535 g/mol. The molecule has 3 unspecified atom stereocenters. The number of aromatic amines is 1. The van der Waals surface area contributed by atoms with Crippen LogP contribution in [-0.2, 0) is 14.6 Å². The highest BCUT2D eigenvalue weighted by Crippen LogP contribution is 2.31. The summed E-state index contributed by atoms with van der Waals surface area (Å²) >= 11 is 2.03. The van der Waals surface area contributed by atoms with E-state index in [9.17, 15) is 18.0 Å². The smallest absolute Gasteiger partial charge is 0.273 e. The molecule has 3 N–H and O–H groups in total. The van der Waals surface area contributed by atoms with Gasteiger partial charge in [-0.1, -0.05) is 12.8 Å². The van der Waals surface area contributed by atoms with Gasteiger partial charge in [0.1, 0.15) is 0 Å². The summed E-state index contributed by atoms with van der Waals surface area (Å²) in [5.41, 5.74) is 1.01. The van der Waals surface area contributed by atoms with Crippen LogP contribution in [0.3, 0.4) is 0 Å². The number of H-pyrrole nitrogens is 1. The van der Waals surface area contributed by atoms with Gasteiger partial charge in [0, 0.05) is 18.3 Å². The van der Waals surface area contributed by atoms with E-state index in [0.29, 0.717) is 9.61 Å². The van der Waals surface area contributed by atoms with Crippen LogP contribution in [0, 0.1) is 10.5 Å². The highest BCUT2D eigenvalue weighted by atomic mass is 127. The van der Waals surface area contributed by atoms with Gasteiger partial charge < -0.3 is 10.6 Å². The summed E-state index contributed by atoms with van der Waals surface area (Å²) in [5, 5.41) is 12.4. The fraction of sp³-hybridized carbons (Fsp3) is 0.722. The third kappa shape index (κ3) is 4.31. The highest BCUT2D eigenvalue weighted by molar-refractivity contribution is 14.1. The van der Waals surface area contributed by atoms with Crippen LogP contribution in [0.25, 0.3) is 0 Å². The lowest BCUT2D eigenvalue weighted by atomic mass is 9.97. The van der Waals surface area contributed by atoms with Crippen LogP contribution in [0.15, 0.2) is 0 Å². The number of hydrogen-bond acceptors (Lipinski definition) is 6. The molecule has 1 aromatic rings. The summed E-state index contributed by atoms with van der Waals surface area (Å²) in [5.74, 6) is -0.900. The van der Waals surface area contributed by atoms with Gasteiger partial charge in [0.2, 0.25) is 5.91 Å². The van der Waals surface area contributed by atoms with Crippen molar-refractivity contribution in [3.63, 3.8) is 0 Å². The number of amides is 2. The van der Waals surface area contributed by atoms with Gasteiger partial charge in [-0.2, -0.15) is 5.10 Å². The maximum absolute atomic E-state index is 12.8. The van der Waals surface area contributed by atoms with Crippen LogP contribution < -0.4 is 10.6 Å². The first-order chi connectivity index (χ1) is 13.7. The molecular formula is C18H26IN5O4S. The van der Waals surface area contributed by atoms with E-state index < -0.39 is 27.8 Å². The van der Waals surface area contributed by atoms with Gasteiger partial charge in [-0.05, 0) is 48.8 Å². The number of nitrogens with zero attached hydrogens (tertiary/aromatic N) is 2. The lowest BCUT2D eigenvalue weighted by Crippen LogP contribution is -2.62. The third-order valence-corrected chi connectivity index (χ3v) is 9.30. The Balaban J connectivity index is 1.41. The SMILES string of the molecule is Cc1[nH]nc(C(=O)NC2CS(=O)(=O)CC2NC(=O)C2CCN2C2CCCC2)c1I. The average Bonchev–Trinajstić information content (AvgIpc) is 3.29. The molecule has 2 aliphatic heterocycles. The van der Waals surface area contributed by atoms with E-state index in [1.54, 1.807) is 0 Å². The second kappa shape index (κ2) is 8.14. The first kappa shape index (κ1) is 21.0. The topological polar surface area (TPSA) is 124 Å². The minimum absolute atomic E-state index is 0.130. The zero-order valence-electron chi connectivity index (χ0n) is 16.3. The molecule has 0 aromatic carbocycles. The van der Waals surface area contributed by atoms with Gasteiger partial charge in [0.25, 0.3) is 5.91 Å². The zero-order chi connectivity index (χ0) is 20.8. The maximum atomic E-state index is 12.8. The molecule has 3 aliphatic rings. The van der Waals surface area contributed by atoms with Crippen LogP contribution in [0.2, 0.25) is 0 Å². The third-order valence-electron chi connectivity index (χ3n) is 6.24. The predicted octanol–water partition coefficient (Wildman–Crippen LogP) is 0.351. The monoisotopic (exact) mass is 535 g/mol. The Hall–Kier alpha value is -1.21. The van der Waals surface area contributed by atoms with Crippen molar-refractivity contribution in [2.24, 2.45) is 0 Å². The molecule has 1 aliphatic carbocycles. The molecule has 11 heteroatoms. The van der Waals surface area contributed by atoms with Crippen LogP contribution >= 0.6 is 22.6 Å². The van der Waals surface area contributed by atoms with Crippen molar-refractivity contribution < 1.29 is 18.0 Å². The fourth-order valence-electron chi connectivity index (χ4n) is 4.58. The van der Waals surface area contributed by atoms with Crippen molar-refractivity contribution in [2.75, 3.05) is 18.1 Å². The minimum Gasteiger partial charge on any atom is -0.349 e. The number of carbonyl (C=O) groups is 2. The maximum Gasteiger partial charge on any atom is 0.273 e. The van der Waals surface area contributed by atoms with Crippen molar-refractivity contribution in [1.82, 2.24) is 25.7 Å². The Labute approximate surface area is 183 Å². The lowest BCUT2D eigenvalue weighted by molar-refractivity contribution is -0.133. The molecule has 9 nitrogen and oxygen atoms in total. The van der Waals surface area contributed by atoms with E-state index in [-0.39, 0.29) is 29.1 Å². The van der Waals surface area contributed by atoms with E-state index in [2.05, 4.69) is 25.7 Å². The fourth-order valence-corrected chi connectivity index (χ4v) is 6.92. The van der Waals surface area contributed by atoms with Gasteiger partial charge in [0.15, 0.2) is 15.5 Å². The van der Waals surface area contributed by atoms with Crippen LogP contribution in [0.5, 0.6) is 0 Å². The predicted molar refractivity (Wildman–Crippen MR) is 115 cm³/mol. The molecule has 1 saturated carbocycles. The van der Waals surface area contributed by atoms with Gasteiger partial charge in [-0.25, -0.2) is 8.42 Å². The molecule has 3 atom stereocenters. The molecule has 3 heterocycles. The molecule has 4 rings (SSSR count). The van der Waals surface area contributed by atoms with E-state index in [1.165, 1.54) is 12.8 Å². The number of rotatable bonds is 5. The molecule has 3 fully saturated rings. The van der Waals surface area contributed by atoms with E-state index in [1.807, 2.05) is 29.5 Å². The second-order valence-electron chi connectivity index (χ2n) is 8.26. The molecule has 0 radical (unpaired) electrons. The number of aromatic nitrogens is 2. The van der Waals surface area contributed by atoms with Crippen LogP contribution in [0.1, 0.15) is 48.3 Å². The van der Waals surface area contributed by atoms with Crippen LogP contribution in [-0.4, -0.2) is 77.5 Å². The standard InChI is InChI=1S/C18H26IN5O4S/c1-10-15(19)16(23-22-10)18(26)21-13-9-29(27,28)8-12(13)20-17(25)14-6-7-24(14)11-4-2-3-5-11/h11-14H,2-9H2,1H3,(H,20,25)(H,21,26)(H,22,23). The molecule has 2 saturated heterocycles. The lowest BCUT2D eigenvalue weighted by Gasteiger charge is -2.44. The number of aryl methyl sites for hydroxylation is 1. The normalized spacial score (nSPS) is 29.5. The van der Waals surface area contributed by atoms with Gasteiger partial charge in [-0.15, -0.1) is 0 Å². The Morgan fingerprint density at radius 2 is 1.79 bits per heavy atom. The van der Waals surface area contributed by atoms with Crippen LogP contribution in [0.4, 0.5) is 0 Å². The Kier molecular flexibility index (Phi) is 5.90. The Bertz CT molecular complexity index is 911. The number of sulfone groups is 1. The van der Waals surface area contributed by atoms with Crippen molar-refractivity contribution in [3.05, 3.63) is 15.0 Å². The number of nitrogens with one attached hydrogen (secondary N) is 3. The molecule has 0 spiro atoms.